The number of pyridine rings is 1. The van der Waals surface area contributed by atoms with Gasteiger partial charge in [0.15, 0.2) is 0 Å². The van der Waals surface area contributed by atoms with Crippen molar-refractivity contribution < 1.29 is 0 Å². The Morgan fingerprint density at radius 2 is 2.04 bits per heavy atom. The van der Waals surface area contributed by atoms with Crippen LogP contribution in [-0.2, 0) is 6.42 Å². The smallest absolute Gasteiger partial charge is 0.0372 e. The Balaban J connectivity index is 1.63. The van der Waals surface area contributed by atoms with Crippen molar-refractivity contribution in [1.82, 2.24) is 9.88 Å². The van der Waals surface area contributed by atoms with Crippen LogP contribution in [0.5, 0.6) is 0 Å². The van der Waals surface area contributed by atoms with Crippen LogP contribution >= 0.6 is 0 Å². The third kappa shape index (κ3) is 2.80. The van der Waals surface area contributed by atoms with Crippen molar-refractivity contribution in [2.75, 3.05) is 20.1 Å². The number of likely N-dealkylation sites (N-methyl/N-ethyl adjacent to an activating group) is 1. The van der Waals surface area contributed by atoms with E-state index < -0.39 is 0 Å². The molecule has 2 heteroatoms. The van der Waals surface area contributed by atoms with Crippen LogP contribution in [0.3, 0.4) is 0 Å². The van der Waals surface area contributed by atoms with Gasteiger partial charge in [0.1, 0.15) is 0 Å². The Morgan fingerprint density at radius 1 is 1.17 bits per heavy atom. The summed E-state index contributed by atoms with van der Waals surface area (Å²) in [5, 5.41) is 0. The molecule has 2 aliphatic rings. The molecule has 0 saturated heterocycles. The molecule has 0 amide bonds. The highest BCUT2D eigenvalue weighted by Crippen LogP contribution is 2.47. The van der Waals surface area contributed by atoms with E-state index >= 15 is 0 Å². The molecule has 1 aliphatic carbocycles. The second kappa shape index (κ2) is 6.18. The van der Waals surface area contributed by atoms with Gasteiger partial charge in [-0.3, -0.25) is 4.98 Å². The number of rotatable bonds is 3. The van der Waals surface area contributed by atoms with Gasteiger partial charge in [-0.25, -0.2) is 0 Å². The Hall–Kier alpha value is -1.93. The summed E-state index contributed by atoms with van der Waals surface area (Å²) in [6.07, 6.45) is 5.57. The Kier molecular flexibility index (Phi) is 4.01. The molecule has 1 unspecified atom stereocenters. The molecule has 1 aromatic heterocycles. The zero-order valence-corrected chi connectivity index (χ0v) is 15.0. The van der Waals surface area contributed by atoms with Gasteiger partial charge in [0, 0.05) is 30.9 Å². The first-order valence-corrected chi connectivity index (χ1v) is 9.05. The van der Waals surface area contributed by atoms with Gasteiger partial charge in [-0.1, -0.05) is 35.4 Å². The van der Waals surface area contributed by atoms with Crippen molar-refractivity contribution in [3.05, 3.63) is 70.0 Å². The summed E-state index contributed by atoms with van der Waals surface area (Å²) in [6, 6.07) is 11.4. The summed E-state index contributed by atoms with van der Waals surface area (Å²) in [7, 11) is 2.24. The normalized spacial score (nSPS) is 20.2. The fraction of sp³-hybridized carbons (Fsp3) is 0.409. The summed E-state index contributed by atoms with van der Waals surface area (Å²) in [5.74, 6) is 0.602. The van der Waals surface area contributed by atoms with Crippen LogP contribution in [0.25, 0.3) is 5.57 Å². The molecule has 2 nitrogen and oxygen atoms in total. The minimum absolute atomic E-state index is 0.602. The number of benzene rings is 1. The summed E-state index contributed by atoms with van der Waals surface area (Å²) in [5.41, 5.74) is 10.2. The van der Waals surface area contributed by atoms with Crippen molar-refractivity contribution in [3.8, 4) is 0 Å². The highest BCUT2D eigenvalue weighted by molar-refractivity contribution is 5.80. The van der Waals surface area contributed by atoms with Crippen LogP contribution in [0.15, 0.2) is 42.1 Å². The van der Waals surface area contributed by atoms with Crippen molar-refractivity contribution in [2.45, 2.75) is 39.0 Å². The number of aromatic nitrogens is 1. The molecule has 2 aromatic rings. The van der Waals surface area contributed by atoms with E-state index in [2.05, 4.69) is 61.1 Å². The predicted molar refractivity (Wildman–Crippen MR) is 100 cm³/mol. The van der Waals surface area contributed by atoms with Gasteiger partial charge >= 0.3 is 0 Å². The predicted octanol–water partition coefficient (Wildman–Crippen LogP) is 4.52. The van der Waals surface area contributed by atoms with E-state index in [0.717, 1.165) is 18.7 Å². The van der Waals surface area contributed by atoms with Crippen molar-refractivity contribution in [2.24, 2.45) is 0 Å². The molecule has 1 atom stereocenters. The maximum atomic E-state index is 4.45. The standard InChI is InChI=1S/C22H26N2/c1-15-4-8-19-18(9-7-17-6-5-16(2)23-13-17)20-10-11-24(3)14-22(20)21(19)12-15/h4-6,8,12-13,18H,7,9-11,14H2,1-3H3. The van der Waals surface area contributed by atoms with E-state index in [1.807, 2.05) is 6.20 Å². The molecule has 0 N–H and O–H groups in total. The third-order valence-electron chi connectivity index (χ3n) is 5.60. The fourth-order valence-electron chi connectivity index (χ4n) is 4.27. The lowest BCUT2D eigenvalue weighted by Crippen LogP contribution is -2.26. The number of nitrogens with zero attached hydrogens (tertiary/aromatic N) is 2. The van der Waals surface area contributed by atoms with E-state index in [1.165, 1.54) is 36.1 Å². The first-order chi connectivity index (χ1) is 11.6. The minimum atomic E-state index is 0.602. The average molecular weight is 318 g/mol. The molecule has 1 aromatic carbocycles. The quantitative estimate of drug-likeness (QED) is 0.827. The maximum absolute atomic E-state index is 4.45. The summed E-state index contributed by atoms with van der Waals surface area (Å²) < 4.78 is 0. The second-order valence-electron chi connectivity index (χ2n) is 7.48. The van der Waals surface area contributed by atoms with Crippen LogP contribution in [0.4, 0.5) is 0 Å². The summed E-state index contributed by atoms with van der Waals surface area (Å²) in [6.45, 7) is 6.55. The zero-order chi connectivity index (χ0) is 16.7. The highest BCUT2D eigenvalue weighted by Gasteiger charge is 2.33. The van der Waals surface area contributed by atoms with Gasteiger partial charge in [0.25, 0.3) is 0 Å². The van der Waals surface area contributed by atoms with E-state index in [4.69, 9.17) is 0 Å². The zero-order valence-electron chi connectivity index (χ0n) is 15.0. The van der Waals surface area contributed by atoms with Crippen molar-refractivity contribution in [1.29, 1.82) is 0 Å². The van der Waals surface area contributed by atoms with Crippen molar-refractivity contribution >= 4 is 5.57 Å². The SMILES string of the molecule is Cc1ccc2c(c1)C1=C(CCN(C)C1)C2CCc1ccc(C)nc1. The molecular weight excluding hydrogens is 292 g/mol. The van der Waals surface area contributed by atoms with Crippen LogP contribution in [0, 0.1) is 13.8 Å². The Labute approximate surface area is 145 Å². The molecular formula is C22H26N2. The number of aryl methyl sites for hydroxylation is 3. The van der Waals surface area contributed by atoms with E-state index in [1.54, 1.807) is 16.7 Å². The topological polar surface area (TPSA) is 16.1 Å². The van der Waals surface area contributed by atoms with Gasteiger partial charge < -0.3 is 4.90 Å². The highest BCUT2D eigenvalue weighted by atomic mass is 15.1. The molecule has 0 saturated carbocycles. The Bertz CT molecular complexity index is 786. The molecule has 2 heterocycles. The number of hydrogen-bond acceptors (Lipinski definition) is 2. The fourth-order valence-corrected chi connectivity index (χ4v) is 4.27. The van der Waals surface area contributed by atoms with Gasteiger partial charge in [-0.05, 0) is 68.5 Å². The van der Waals surface area contributed by atoms with E-state index in [0.29, 0.717) is 5.92 Å². The lowest BCUT2D eigenvalue weighted by Gasteiger charge is -2.27. The van der Waals surface area contributed by atoms with Gasteiger partial charge in [0.2, 0.25) is 0 Å². The van der Waals surface area contributed by atoms with E-state index in [-0.39, 0.29) is 0 Å². The molecule has 0 fully saturated rings. The summed E-state index contributed by atoms with van der Waals surface area (Å²) in [4.78, 5) is 6.91. The van der Waals surface area contributed by atoms with Crippen LogP contribution in [-0.4, -0.2) is 30.0 Å². The lowest BCUT2D eigenvalue weighted by molar-refractivity contribution is 0.363. The first kappa shape index (κ1) is 15.6. The molecule has 0 bridgehead atoms. The van der Waals surface area contributed by atoms with Gasteiger partial charge in [0.05, 0.1) is 0 Å². The van der Waals surface area contributed by atoms with Crippen LogP contribution < -0.4 is 0 Å². The molecule has 24 heavy (non-hydrogen) atoms. The molecule has 124 valence electrons. The number of fused-ring (bicyclic) bond motifs is 2. The maximum Gasteiger partial charge on any atom is 0.0372 e. The van der Waals surface area contributed by atoms with Gasteiger partial charge in [-0.2, -0.15) is 0 Å². The molecule has 0 spiro atoms. The van der Waals surface area contributed by atoms with E-state index in [9.17, 15) is 0 Å². The molecule has 4 rings (SSSR count). The second-order valence-corrected chi connectivity index (χ2v) is 7.48. The lowest BCUT2D eigenvalue weighted by atomic mass is 9.87. The molecule has 1 aliphatic heterocycles. The third-order valence-corrected chi connectivity index (χ3v) is 5.60. The average Bonchev–Trinajstić information content (AvgIpc) is 2.87. The minimum Gasteiger partial charge on any atom is -0.302 e. The van der Waals surface area contributed by atoms with Crippen LogP contribution in [0.1, 0.15) is 46.7 Å². The Morgan fingerprint density at radius 3 is 2.83 bits per heavy atom. The summed E-state index contributed by atoms with van der Waals surface area (Å²) >= 11 is 0. The van der Waals surface area contributed by atoms with Gasteiger partial charge in [-0.15, -0.1) is 0 Å². The molecule has 0 radical (unpaired) electrons. The monoisotopic (exact) mass is 318 g/mol. The van der Waals surface area contributed by atoms with Crippen LogP contribution in [0.2, 0.25) is 0 Å². The largest absolute Gasteiger partial charge is 0.302 e. The first-order valence-electron chi connectivity index (χ1n) is 9.05. The van der Waals surface area contributed by atoms with Crippen molar-refractivity contribution in [3.63, 3.8) is 0 Å². The number of hydrogen-bond donors (Lipinski definition) is 0.